The molecule has 0 aromatic heterocycles. The minimum atomic E-state index is -6.40. The first-order valence-corrected chi connectivity index (χ1v) is 10.7. The van der Waals surface area contributed by atoms with Gasteiger partial charge in [-0.05, 0) is 56.3 Å². The normalized spacial score (nSPS) is 33.7. The van der Waals surface area contributed by atoms with Gasteiger partial charge >= 0.3 is 27.3 Å². The van der Waals surface area contributed by atoms with E-state index in [1.54, 1.807) is 0 Å². The lowest BCUT2D eigenvalue weighted by Gasteiger charge is -2.55. The molecule has 0 spiro atoms. The number of hydrogen-bond donors (Lipinski definition) is 1. The second-order valence-electron chi connectivity index (χ2n) is 8.62. The molecule has 0 aliphatic heterocycles. The van der Waals surface area contributed by atoms with Crippen LogP contribution in [0.5, 0.6) is 0 Å². The van der Waals surface area contributed by atoms with Gasteiger partial charge in [0.1, 0.15) is 6.17 Å². The Morgan fingerprint density at radius 3 is 1.96 bits per heavy atom. The third-order valence-electron chi connectivity index (χ3n) is 6.36. The number of rotatable bonds is 8. The molecule has 0 amide bonds. The highest BCUT2D eigenvalue weighted by Gasteiger charge is 2.66. The van der Waals surface area contributed by atoms with Crippen LogP contribution in [0.3, 0.4) is 0 Å². The Hall–Kier alpha value is -0.970. The highest BCUT2D eigenvalue weighted by molar-refractivity contribution is 7.87. The minimum Gasteiger partial charge on any atom is -0.465 e. The molecule has 4 fully saturated rings. The van der Waals surface area contributed by atoms with Gasteiger partial charge in [-0.1, -0.05) is 0 Å². The highest BCUT2D eigenvalue weighted by Crippen LogP contribution is 2.60. The molecule has 11 heteroatoms. The van der Waals surface area contributed by atoms with E-state index in [9.17, 15) is 35.2 Å². The third kappa shape index (κ3) is 3.88. The smallest absolute Gasteiger partial charge is 0.431 e. The number of alkyl halides is 5. The molecule has 0 heterocycles. The molecule has 4 aliphatic rings. The van der Waals surface area contributed by atoms with Crippen molar-refractivity contribution in [1.82, 2.24) is 0 Å². The Labute approximate surface area is 159 Å². The summed E-state index contributed by atoms with van der Waals surface area (Å²) >= 11 is 0. The summed E-state index contributed by atoms with van der Waals surface area (Å²) in [6, 6.07) is 0. The first kappa shape index (κ1) is 21.7. The van der Waals surface area contributed by atoms with Crippen molar-refractivity contribution in [3.63, 3.8) is 0 Å². The molecular weight excluding hydrogens is 411 g/mol. The van der Waals surface area contributed by atoms with E-state index >= 15 is 0 Å². The fourth-order valence-electron chi connectivity index (χ4n) is 5.48. The molecule has 5 nitrogen and oxygen atoms in total. The lowest BCUT2D eigenvalue weighted by Crippen LogP contribution is -2.50. The molecule has 4 saturated carbocycles. The zero-order valence-electron chi connectivity index (χ0n) is 15.1. The van der Waals surface area contributed by atoms with E-state index < -0.39 is 58.3 Å². The lowest BCUT2D eigenvalue weighted by molar-refractivity contribution is -0.176. The quantitative estimate of drug-likeness (QED) is 0.355. The van der Waals surface area contributed by atoms with Gasteiger partial charge in [-0.3, -0.25) is 9.35 Å². The molecule has 1 unspecified atom stereocenters. The molecule has 0 saturated heterocycles. The van der Waals surface area contributed by atoms with Crippen molar-refractivity contribution in [2.24, 2.45) is 23.2 Å². The monoisotopic (exact) mass is 434 g/mol. The van der Waals surface area contributed by atoms with Crippen molar-refractivity contribution >= 4 is 16.1 Å². The minimum absolute atomic E-state index is 0.467. The van der Waals surface area contributed by atoms with Gasteiger partial charge in [0.05, 0.1) is 18.4 Å². The SMILES string of the molecule is O=C(OCCC(F)CC(F)(F)C(F)(F)S(=O)(=O)O)C12CC3CC(CC(C3)C1)C2. The predicted octanol–water partition coefficient (Wildman–Crippen LogP) is 3.98. The van der Waals surface area contributed by atoms with Gasteiger partial charge in [0, 0.05) is 6.42 Å². The van der Waals surface area contributed by atoms with Crippen molar-refractivity contribution in [3.8, 4) is 0 Å². The molecule has 0 radical (unpaired) electrons. The van der Waals surface area contributed by atoms with Crippen LogP contribution in [-0.2, 0) is 19.6 Å². The zero-order chi connectivity index (χ0) is 21.0. The van der Waals surface area contributed by atoms with E-state index in [2.05, 4.69) is 0 Å². The molecular formula is C17H23F5O5S. The van der Waals surface area contributed by atoms with Crippen LogP contribution in [0, 0.1) is 23.2 Å². The van der Waals surface area contributed by atoms with Gasteiger partial charge in [-0.2, -0.15) is 26.0 Å². The maximum Gasteiger partial charge on any atom is 0.431 e. The summed E-state index contributed by atoms with van der Waals surface area (Å²) in [6.45, 7) is -0.560. The summed E-state index contributed by atoms with van der Waals surface area (Å²) in [6.07, 6.45) is -0.0284. The van der Waals surface area contributed by atoms with E-state index in [0.29, 0.717) is 37.0 Å². The van der Waals surface area contributed by atoms with E-state index in [0.717, 1.165) is 19.3 Å². The molecule has 1 N–H and O–H groups in total. The molecule has 162 valence electrons. The van der Waals surface area contributed by atoms with Crippen LogP contribution < -0.4 is 0 Å². The van der Waals surface area contributed by atoms with E-state index in [1.807, 2.05) is 0 Å². The van der Waals surface area contributed by atoms with Crippen LogP contribution in [0.2, 0.25) is 0 Å². The zero-order valence-corrected chi connectivity index (χ0v) is 15.9. The Morgan fingerprint density at radius 2 is 1.54 bits per heavy atom. The number of halogens is 5. The number of carbonyl (C=O) groups is 1. The summed E-state index contributed by atoms with van der Waals surface area (Å²) in [7, 11) is -6.40. The van der Waals surface area contributed by atoms with E-state index in [-0.39, 0.29) is 0 Å². The second-order valence-corrected chi connectivity index (χ2v) is 10.1. The molecule has 28 heavy (non-hydrogen) atoms. The Kier molecular flexibility index (Phi) is 5.49. The standard InChI is InChI=1S/C17H23F5O5S/c18-13(9-16(19,20)17(21,22)28(24,25)26)1-2-27-14(23)15-6-10-3-11(7-15)5-12(4-10)8-15/h10-13H,1-9H2,(H,24,25,26). The number of esters is 1. The number of carbonyl (C=O) groups excluding carboxylic acids is 1. The number of ether oxygens (including phenoxy) is 1. The van der Waals surface area contributed by atoms with Crippen molar-refractivity contribution in [2.75, 3.05) is 6.61 Å². The second kappa shape index (κ2) is 7.07. The Balaban J connectivity index is 1.50. The first-order chi connectivity index (χ1) is 12.8. The summed E-state index contributed by atoms with van der Waals surface area (Å²) < 4.78 is 101. The molecule has 4 rings (SSSR count). The van der Waals surface area contributed by atoms with Gasteiger partial charge in [0.25, 0.3) is 0 Å². The van der Waals surface area contributed by atoms with Gasteiger partial charge in [0.2, 0.25) is 0 Å². The van der Waals surface area contributed by atoms with Gasteiger partial charge in [0.15, 0.2) is 0 Å². The summed E-state index contributed by atoms with van der Waals surface area (Å²) in [5.41, 5.74) is -0.609. The average Bonchev–Trinajstić information content (AvgIpc) is 2.51. The molecule has 4 aliphatic carbocycles. The van der Waals surface area contributed by atoms with Crippen LogP contribution in [0.25, 0.3) is 0 Å². The van der Waals surface area contributed by atoms with Crippen molar-refractivity contribution < 1.29 is 44.5 Å². The third-order valence-corrected chi connectivity index (χ3v) is 7.31. The summed E-state index contributed by atoms with van der Waals surface area (Å²) in [4.78, 5) is 12.5. The van der Waals surface area contributed by atoms with Gasteiger partial charge in [-0.15, -0.1) is 0 Å². The van der Waals surface area contributed by atoms with Crippen molar-refractivity contribution in [3.05, 3.63) is 0 Å². The molecule has 1 atom stereocenters. The van der Waals surface area contributed by atoms with Crippen molar-refractivity contribution in [2.45, 2.75) is 68.7 Å². The maximum absolute atomic E-state index is 13.7. The van der Waals surface area contributed by atoms with Crippen LogP contribution in [0.15, 0.2) is 0 Å². The van der Waals surface area contributed by atoms with Crippen LogP contribution in [0.4, 0.5) is 22.0 Å². The average molecular weight is 434 g/mol. The molecule has 0 aromatic carbocycles. The van der Waals surface area contributed by atoms with Crippen LogP contribution >= 0.6 is 0 Å². The number of hydrogen-bond acceptors (Lipinski definition) is 4. The fraction of sp³-hybridized carbons (Fsp3) is 0.941. The van der Waals surface area contributed by atoms with Gasteiger partial charge in [-0.25, -0.2) is 4.39 Å². The fourth-order valence-corrected chi connectivity index (χ4v) is 5.94. The van der Waals surface area contributed by atoms with E-state index in [1.165, 1.54) is 0 Å². The topological polar surface area (TPSA) is 80.7 Å². The van der Waals surface area contributed by atoms with Crippen molar-refractivity contribution in [1.29, 1.82) is 0 Å². The predicted molar refractivity (Wildman–Crippen MR) is 87.1 cm³/mol. The largest absolute Gasteiger partial charge is 0.465 e. The molecule has 0 aromatic rings. The van der Waals surface area contributed by atoms with E-state index in [4.69, 9.17) is 9.29 Å². The van der Waals surface area contributed by atoms with Gasteiger partial charge < -0.3 is 4.74 Å². The Bertz CT molecular complexity index is 688. The highest BCUT2D eigenvalue weighted by atomic mass is 32.2. The maximum atomic E-state index is 13.7. The summed E-state index contributed by atoms with van der Waals surface area (Å²) in [5.74, 6) is -4.39. The van der Waals surface area contributed by atoms with Crippen LogP contribution in [0.1, 0.15) is 51.4 Å². The Morgan fingerprint density at radius 1 is 1.07 bits per heavy atom. The lowest BCUT2D eigenvalue weighted by atomic mass is 9.49. The van der Waals surface area contributed by atoms with Crippen LogP contribution in [-0.4, -0.2) is 42.9 Å². The molecule has 4 bridgehead atoms. The summed E-state index contributed by atoms with van der Waals surface area (Å²) in [5, 5.41) is -5.81. The first-order valence-electron chi connectivity index (χ1n) is 9.30.